The number of carboxylic acid groups (broad SMARTS) is 1. The van der Waals surface area contributed by atoms with Crippen LogP contribution in [0.15, 0.2) is 30.3 Å². The van der Waals surface area contributed by atoms with Crippen molar-refractivity contribution in [3.05, 3.63) is 35.9 Å². The zero-order valence-corrected chi connectivity index (χ0v) is 12.0. The second-order valence-corrected chi connectivity index (χ2v) is 4.21. The lowest BCUT2D eigenvalue weighted by Gasteiger charge is -2.24. The lowest BCUT2D eigenvalue weighted by molar-refractivity contribution is -0.144. The van der Waals surface area contributed by atoms with Crippen LogP contribution in [-0.4, -0.2) is 22.8 Å². The van der Waals surface area contributed by atoms with Crippen LogP contribution in [0.1, 0.15) is 25.3 Å². The van der Waals surface area contributed by atoms with Gasteiger partial charge in [0.25, 0.3) is 0 Å². The molecule has 0 unspecified atom stereocenters. The minimum atomic E-state index is -1.79. The fourth-order valence-electron chi connectivity index (χ4n) is 1.56. The van der Waals surface area contributed by atoms with Gasteiger partial charge in [-0.15, -0.1) is 12.4 Å². The molecule has 0 fully saturated rings. The molecule has 1 aromatic rings. The number of amides is 1. The molecule has 1 aromatic carbocycles. The second kappa shape index (κ2) is 8.39. The highest BCUT2D eigenvalue weighted by atomic mass is 35.5. The largest absolute Gasteiger partial charge is 0.478 e. The Labute approximate surface area is 123 Å². The summed E-state index contributed by atoms with van der Waals surface area (Å²) in [6.45, 7) is 1.84. The Kier molecular flexibility index (Phi) is 7.64. The summed E-state index contributed by atoms with van der Waals surface area (Å²) in [5.74, 6) is -1.29. The minimum absolute atomic E-state index is 0. The molecule has 1 amide bonds. The molecule has 112 valence electrons. The van der Waals surface area contributed by atoms with Crippen LogP contribution in [0.4, 0.5) is 4.79 Å². The molecule has 0 aliphatic heterocycles. The molecule has 0 aromatic heterocycles. The highest BCUT2D eigenvalue weighted by Crippen LogP contribution is 2.07. The molecule has 0 saturated heterocycles. The molecule has 6 nitrogen and oxygen atoms in total. The quantitative estimate of drug-likeness (QED) is 0.696. The number of alkyl carbamates (subject to hydrolysis) is 1. The number of nitrogens with one attached hydrogen (secondary N) is 1. The molecular formula is C13H19ClN2O4. The van der Waals surface area contributed by atoms with Crippen LogP contribution in [0.3, 0.4) is 0 Å². The molecule has 20 heavy (non-hydrogen) atoms. The summed E-state index contributed by atoms with van der Waals surface area (Å²) in [6.07, 6.45) is -0.188. The minimum Gasteiger partial charge on any atom is -0.478 e. The van der Waals surface area contributed by atoms with Crippen LogP contribution in [0.2, 0.25) is 0 Å². The lowest BCUT2D eigenvalue weighted by Crippen LogP contribution is -2.61. The number of rotatable bonds is 6. The van der Waals surface area contributed by atoms with E-state index in [1.165, 1.54) is 0 Å². The Bertz CT molecular complexity index is 441. The number of hydrogen-bond acceptors (Lipinski definition) is 4. The smallest absolute Gasteiger partial charge is 0.409 e. The van der Waals surface area contributed by atoms with Crippen LogP contribution in [0.5, 0.6) is 0 Å². The first-order valence-electron chi connectivity index (χ1n) is 5.99. The molecule has 0 heterocycles. The van der Waals surface area contributed by atoms with E-state index >= 15 is 0 Å². The third-order valence-electron chi connectivity index (χ3n) is 2.56. The van der Waals surface area contributed by atoms with E-state index in [0.717, 1.165) is 5.56 Å². The predicted molar refractivity (Wildman–Crippen MR) is 76.5 cm³/mol. The molecule has 1 rings (SSSR count). The van der Waals surface area contributed by atoms with Crippen molar-refractivity contribution in [2.45, 2.75) is 32.0 Å². The van der Waals surface area contributed by atoms with Gasteiger partial charge in [-0.3, -0.25) is 11.1 Å². The van der Waals surface area contributed by atoms with E-state index in [4.69, 9.17) is 15.6 Å². The van der Waals surface area contributed by atoms with Gasteiger partial charge in [-0.05, 0) is 12.0 Å². The van der Waals surface area contributed by atoms with E-state index in [0.29, 0.717) is 6.42 Å². The van der Waals surface area contributed by atoms with Crippen molar-refractivity contribution in [3.63, 3.8) is 0 Å². The summed E-state index contributed by atoms with van der Waals surface area (Å²) in [5.41, 5.74) is 4.63. The average molecular weight is 303 g/mol. The zero-order valence-electron chi connectivity index (χ0n) is 11.2. The molecular weight excluding hydrogens is 284 g/mol. The maximum absolute atomic E-state index is 11.5. The van der Waals surface area contributed by atoms with E-state index in [-0.39, 0.29) is 25.4 Å². The Balaban J connectivity index is 0.00000361. The number of hydrogen-bond donors (Lipinski definition) is 3. The van der Waals surface area contributed by atoms with Crippen molar-refractivity contribution < 1.29 is 19.4 Å². The van der Waals surface area contributed by atoms with Crippen molar-refractivity contribution in [3.8, 4) is 0 Å². The van der Waals surface area contributed by atoms with Crippen molar-refractivity contribution in [1.82, 2.24) is 5.32 Å². The number of nitrogens with two attached hydrogens (primary N) is 1. The third kappa shape index (κ3) is 5.46. The number of ether oxygens (including phenoxy) is 1. The summed E-state index contributed by atoms with van der Waals surface area (Å²) in [7, 11) is 0. The maximum Gasteiger partial charge on any atom is 0.409 e. The average Bonchev–Trinajstić information content (AvgIpc) is 2.37. The van der Waals surface area contributed by atoms with Crippen molar-refractivity contribution in [2.75, 3.05) is 0 Å². The highest BCUT2D eigenvalue weighted by Gasteiger charge is 2.35. The van der Waals surface area contributed by atoms with Crippen molar-refractivity contribution in [2.24, 2.45) is 5.73 Å². The fourth-order valence-corrected chi connectivity index (χ4v) is 1.56. The van der Waals surface area contributed by atoms with E-state index in [1.807, 2.05) is 18.2 Å². The number of carboxylic acids is 1. The van der Waals surface area contributed by atoms with Crippen molar-refractivity contribution in [1.29, 1.82) is 0 Å². The van der Waals surface area contributed by atoms with Gasteiger partial charge in [0.05, 0.1) is 0 Å². The van der Waals surface area contributed by atoms with Gasteiger partial charge in [-0.25, -0.2) is 9.59 Å². The Morgan fingerprint density at radius 2 is 1.95 bits per heavy atom. The normalized spacial score (nSPS) is 12.7. The summed E-state index contributed by atoms with van der Waals surface area (Å²) in [4.78, 5) is 22.6. The van der Waals surface area contributed by atoms with Crippen molar-refractivity contribution >= 4 is 24.5 Å². The third-order valence-corrected chi connectivity index (χ3v) is 2.56. The number of aliphatic carboxylic acids is 1. The fraction of sp³-hybridized carbons (Fsp3) is 0.385. The Morgan fingerprint density at radius 3 is 2.45 bits per heavy atom. The number of carbonyl (C=O) groups excluding carboxylic acids is 1. The number of benzene rings is 1. The SMILES string of the molecule is CCC[C@@](N)(NC(=O)OCc1ccccc1)C(=O)O.Cl. The summed E-state index contributed by atoms with van der Waals surface area (Å²) < 4.78 is 4.93. The maximum atomic E-state index is 11.5. The van der Waals surface area contributed by atoms with Gasteiger partial charge in [-0.2, -0.15) is 0 Å². The van der Waals surface area contributed by atoms with Gasteiger partial charge in [0.1, 0.15) is 6.61 Å². The second-order valence-electron chi connectivity index (χ2n) is 4.21. The van der Waals surface area contributed by atoms with Crippen LogP contribution in [0, 0.1) is 0 Å². The summed E-state index contributed by atoms with van der Waals surface area (Å²) >= 11 is 0. The molecule has 0 saturated carbocycles. The summed E-state index contributed by atoms with van der Waals surface area (Å²) in [5, 5.41) is 11.2. The molecule has 7 heteroatoms. The highest BCUT2D eigenvalue weighted by molar-refractivity contribution is 5.85. The van der Waals surface area contributed by atoms with Gasteiger partial charge in [0.15, 0.2) is 5.66 Å². The van der Waals surface area contributed by atoms with Gasteiger partial charge >= 0.3 is 12.1 Å². The first-order chi connectivity index (χ1) is 8.98. The number of carbonyl (C=O) groups is 2. The zero-order chi connectivity index (χ0) is 14.3. The first kappa shape index (κ1) is 18.2. The summed E-state index contributed by atoms with van der Waals surface area (Å²) in [6, 6.07) is 9.08. The number of halogens is 1. The van der Waals surface area contributed by atoms with Gasteiger partial charge in [0, 0.05) is 0 Å². The molecule has 1 atom stereocenters. The van der Waals surface area contributed by atoms with Gasteiger partial charge in [-0.1, -0.05) is 43.7 Å². The molecule has 0 spiro atoms. The van der Waals surface area contributed by atoms with Gasteiger partial charge < -0.3 is 9.84 Å². The van der Waals surface area contributed by atoms with E-state index in [1.54, 1.807) is 19.1 Å². The van der Waals surface area contributed by atoms with Gasteiger partial charge in [0.2, 0.25) is 0 Å². The van der Waals surface area contributed by atoms with Crippen LogP contribution >= 0.6 is 12.4 Å². The van der Waals surface area contributed by atoms with E-state index < -0.39 is 17.7 Å². The van der Waals surface area contributed by atoms with E-state index in [2.05, 4.69) is 5.32 Å². The monoisotopic (exact) mass is 302 g/mol. The van der Waals surface area contributed by atoms with E-state index in [9.17, 15) is 9.59 Å². The standard InChI is InChI=1S/C13H18N2O4.ClH/c1-2-8-13(14,11(16)17)15-12(18)19-9-10-6-4-3-5-7-10;/h3-7H,2,8-9,14H2,1H3,(H,15,18)(H,16,17);1H/t13-;/m1./s1. The van der Waals surface area contributed by atoms with Crippen LogP contribution in [0.25, 0.3) is 0 Å². The molecule has 0 bridgehead atoms. The Morgan fingerprint density at radius 1 is 1.35 bits per heavy atom. The lowest BCUT2D eigenvalue weighted by atomic mass is 10.1. The molecule has 0 aliphatic carbocycles. The molecule has 4 N–H and O–H groups in total. The molecule has 0 aliphatic rings. The predicted octanol–water partition coefficient (Wildman–Crippen LogP) is 1.87. The van der Waals surface area contributed by atoms with Crippen LogP contribution in [-0.2, 0) is 16.1 Å². The molecule has 0 radical (unpaired) electrons. The van der Waals surface area contributed by atoms with Crippen LogP contribution < -0.4 is 11.1 Å². The Hall–Kier alpha value is -1.79. The topological polar surface area (TPSA) is 102 Å². The first-order valence-corrected chi connectivity index (χ1v) is 5.99.